The maximum atomic E-state index is 12.0. The molecule has 208 valence electrons. The van der Waals surface area contributed by atoms with Gasteiger partial charge in [-0.3, -0.25) is 9.59 Å². The van der Waals surface area contributed by atoms with Crippen molar-refractivity contribution in [3.63, 3.8) is 0 Å². The minimum Gasteiger partial charge on any atom is -0.466 e. The van der Waals surface area contributed by atoms with Crippen molar-refractivity contribution in [1.82, 2.24) is 0 Å². The number of anilines is 3. The van der Waals surface area contributed by atoms with Gasteiger partial charge in [0.05, 0.1) is 13.2 Å². The Kier molecular flexibility index (Phi) is 12.1. The molecule has 0 aromatic heterocycles. The fourth-order valence-corrected chi connectivity index (χ4v) is 4.23. The summed E-state index contributed by atoms with van der Waals surface area (Å²) in [5, 5.41) is 0. The van der Waals surface area contributed by atoms with Crippen LogP contribution in [0.1, 0.15) is 74.6 Å². The topological polar surface area (TPSA) is 55.8 Å². The predicted molar refractivity (Wildman–Crippen MR) is 159 cm³/mol. The number of rotatable bonds is 15. The van der Waals surface area contributed by atoms with E-state index in [1.807, 2.05) is 0 Å². The number of carbonyl (C=O) groups is 2. The van der Waals surface area contributed by atoms with E-state index in [2.05, 4.69) is 99.3 Å². The normalized spacial score (nSPS) is 10.8. The first-order valence-corrected chi connectivity index (χ1v) is 14.3. The molecule has 0 N–H and O–H groups in total. The number of carbonyl (C=O) groups excluding carboxylic acids is 2. The van der Waals surface area contributed by atoms with Crippen LogP contribution in [0.2, 0.25) is 0 Å². The smallest absolute Gasteiger partial charge is 0.306 e. The third-order valence-corrected chi connectivity index (χ3v) is 6.90. The third kappa shape index (κ3) is 9.58. The monoisotopic (exact) mass is 529 g/mol. The van der Waals surface area contributed by atoms with E-state index in [9.17, 15) is 9.59 Å². The van der Waals surface area contributed by atoms with Gasteiger partial charge in [-0.2, -0.15) is 0 Å². The van der Waals surface area contributed by atoms with E-state index in [-0.39, 0.29) is 11.9 Å². The molecule has 0 unspecified atom stereocenters. The molecule has 0 saturated heterocycles. The fraction of sp³-hybridized carbons (Fsp3) is 0.412. The molecule has 0 atom stereocenters. The lowest BCUT2D eigenvalue weighted by molar-refractivity contribution is -0.144. The van der Waals surface area contributed by atoms with E-state index in [4.69, 9.17) is 9.47 Å². The van der Waals surface area contributed by atoms with Gasteiger partial charge in [0, 0.05) is 29.9 Å². The first-order chi connectivity index (χ1) is 18.9. The summed E-state index contributed by atoms with van der Waals surface area (Å²) in [5.41, 5.74) is 7.85. The van der Waals surface area contributed by atoms with E-state index >= 15 is 0 Å². The van der Waals surface area contributed by atoms with Crippen molar-refractivity contribution in [2.45, 2.75) is 79.1 Å². The molecule has 0 amide bonds. The highest BCUT2D eigenvalue weighted by molar-refractivity contribution is 5.77. The van der Waals surface area contributed by atoms with Crippen molar-refractivity contribution in [1.29, 1.82) is 0 Å². The summed E-state index contributed by atoms with van der Waals surface area (Å²) >= 11 is 0. The van der Waals surface area contributed by atoms with Gasteiger partial charge in [0.2, 0.25) is 0 Å². The van der Waals surface area contributed by atoms with Gasteiger partial charge in [-0.05, 0) is 98.2 Å². The number of ether oxygens (including phenoxy) is 2. The minimum atomic E-state index is -0.140. The molecular weight excluding hydrogens is 486 g/mol. The van der Waals surface area contributed by atoms with Crippen LogP contribution in [-0.4, -0.2) is 25.2 Å². The number of unbranched alkanes of at least 4 members (excludes halogenated alkanes) is 2. The van der Waals surface area contributed by atoms with E-state index < -0.39 is 0 Å². The van der Waals surface area contributed by atoms with Gasteiger partial charge in [-0.1, -0.05) is 57.0 Å². The molecule has 0 aliphatic rings. The van der Waals surface area contributed by atoms with E-state index in [0.717, 1.165) is 53.9 Å². The van der Waals surface area contributed by atoms with Crippen LogP contribution in [0.5, 0.6) is 0 Å². The number of esters is 2. The van der Waals surface area contributed by atoms with Gasteiger partial charge in [0.25, 0.3) is 0 Å². The van der Waals surface area contributed by atoms with Crippen molar-refractivity contribution in [3.05, 3.63) is 89.0 Å². The van der Waals surface area contributed by atoms with Crippen LogP contribution in [0.25, 0.3) is 0 Å². The molecule has 3 aromatic carbocycles. The molecular formula is C34H43NO4. The standard InChI is InChI=1S/C34H43NO4/c1-5-7-23-38-33(36)21-14-28-10-17-30(18-11-28)35(32-16-9-26(3)27(4)25-32)31-19-12-29(13-20-31)15-22-34(37)39-24-8-6-2/h9-13,16-20,25H,5-8,14-15,21-24H2,1-4H3. The van der Waals surface area contributed by atoms with Crippen molar-refractivity contribution >= 4 is 29.0 Å². The lowest BCUT2D eigenvalue weighted by atomic mass is 10.0. The quantitative estimate of drug-likeness (QED) is 0.146. The highest BCUT2D eigenvalue weighted by Gasteiger charge is 2.14. The second-order valence-corrected chi connectivity index (χ2v) is 10.1. The Bertz CT molecular complexity index is 1120. The Hall–Kier alpha value is -3.60. The number of nitrogens with zero attached hydrogens (tertiary/aromatic N) is 1. The van der Waals surface area contributed by atoms with Crippen molar-refractivity contribution < 1.29 is 19.1 Å². The molecule has 3 rings (SSSR count). The van der Waals surface area contributed by atoms with Gasteiger partial charge in [-0.15, -0.1) is 0 Å². The van der Waals surface area contributed by atoms with E-state index in [1.165, 1.54) is 11.1 Å². The SMILES string of the molecule is CCCCOC(=O)CCc1ccc(N(c2ccc(CCC(=O)OCCCC)cc2)c2ccc(C)c(C)c2)cc1. The lowest BCUT2D eigenvalue weighted by Crippen LogP contribution is -2.11. The van der Waals surface area contributed by atoms with Crippen LogP contribution in [0.3, 0.4) is 0 Å². The first-order valence-electron chi connectivity index (χ1n) is 14.3. The molecule has 0 saturated carbocycles. The molecule has 0 fully saturated rings. The molecule has 0 heterocycles. The van der Waals surface area contributed by atoms with E-state index in [0.29, 0.717) is 38.9 Å². The van der Waals surface area contributed by atoms with Gasteiger partial charge in [-0.25, -0.2) is 0 Å². The van der Waals surface area contributed by atoms with Crippen LogP contribution in [-0.2, 0) is 31.9 Å². The van der Waals surface area contributed by atoms with Gasteiger partial charge in [0.15, 0.2) is 0 Å². The van der Waals surface area contributed by atoms with Crippen LogP contribution in [0.15, 0.2) is 66.7 Å². The Labute approximate surface area is 234 Å². The molecule has 0 spiro atoms. The zero-order chi connectivity index (χ0) is 28.0. The number of aryl methyl sites for hydroxylation is 4. The number of hydrogen-bond acceptors (Lipinski definition) is 5. The second kappa shape index (κ2) is 15.7. The van der Waals surface area contributed by atoms with Crippen molar-refractivity contribution in [3.8, 4) is 0 Å². The van der Waals surface area contributed by atoms with Gasteiger partial charge in [0.1, 0.15) is 0 Å². The van der Waals surface area contributed by atoms with Crippen LogP contribution in [0.4, 0.5) is 17.1 Å². The van der Waals surface area contributed by atoms with Crippen molar-refractivity contribution in [2.75, 3.05) is 18.1 Å². The molecule has 0 aliphatic heterocycles. The van der Waals surface area contributed by atoms with Crippen molar-refractivity contribution in [2.24, 2.45) is 0 Å². The highest BCUT2D eigenvalue weighted by Crippen LogP contribution is 2.35. The van der Waals surface area contributed by atoms with E-state index in [1.54, 1.807) is 0 Å². The minimum absolute atomic E-state index is 0.140. The van der Waals surface area contributed by atoms with Crippen LogP contribution >= 0.6 is 0 Å². The summed E-state index contributed by atoms with van der Waals surface area (Å²) in [7, 11) is 0. The molecule has 0 aliphatic carbocycles. The zero-order valence-corrected chi connectivity index (χ0v) is 24.0. The molecule has 5 nitrogen and oxygen atoms in total. The molecule has 39 heavy (non-hydrogen) atoms. The Morgan fingerprint density at radius 2 is 1.05 bits per heavy atom. The zero-order valence-electron chi connectivity index (χ0n) is 24.0. The fourth-order valence-electron chi connectivity index (χ4n) is 4.23. The molecule has 5 heteroatoms. The summed E-state index contributed by atoms with van der Waals surface area (Å²) in [6, 6.07) is 23.2. The second-order valence-electron chi connectivity index (χ2n) is 10.1. The largest absolute Gasteiger partial charge is 0.466 e. The maximum absolute atomic E-state index is 12.0. The Balaban J connectivity index is 1.74. The van der Waals surface area contributed by atoms with Gasteiger partial charge < -0.3 is 14.4 Å². The average molecular weight is 530 g/mol. The molecule has 0 radical (unpaired) electrons. The predicted octanol–water partition coefficient (Wildman–Crippen LogP) is 8.33. The summed E-state index contributed by atoms with van der Waals surface area (Å²) < 4.78 is 10.6. The van der Waals surface area contributed by atoms with Crippen LogP contribution < -0.4 is 4.90 Å². The highest BCUT2D eigenvalue weighted by atomic mass is 16.5. The molecule has 3 aromatic rings. The maximum Gasteiger partial charge on any atom is 0.306 e. The number of hydrogen-bond donors (Lipinski definition) is 0. The Morgan fingerprint density at radius 3 is 1.46 bits per heavy atom. The summed E-state index contributed by atoms with van der Waals surface area (Å²) in [4.78, 5) is 26.3. The number of benzene rings is 3. The summed E-state index contributed by atoms with van der Waals surface area (Å²) in [6.07, 6.45) is 5.93. The average Bonchev–Trinajstić information content (AvgIpc) is 2.94. The van der Waals surface area contributed by atoms with Crippen LogP contribution in [0, 0.1) is 13.8 Å². The lowest BCUT2D eigenvalue weighted by Gasteiger charge is -2.26. The Morgan fingerprint density at radius 1 is 0.615 bits per heavy atom. The summed E-state index contributed by atoms with van der Waals surface area (Å²) in [6.45, 7) is 9.41. The first kappa shape index (κ1) is 29.9. The molecule has 0 bridgehead atoms. The van der Waals surface area contributed by atoms with Gasteiger partial charge >= 0.3 is 11.9 Å². The summed E-state index contributed by atoms with van der Waals surface area (Å²) in [5.74, 6) is -0.280. The third-order valence-electron chi connectivity index (χ3n) is 6.90.